The highest BCUT2D eigenvalue weighted by Crippen LogP contribution is 2.61. The lowest BCUT2D eigenvalue weighted by molar-refractivity contribution is -0.137. The molecule has 3 rings (SSSR count). The first-order valence-electron chi connectivity index (χ1n) is 14.5. The van der Waals surface area contributed by atoms with Crippen molar-refractivity contribution in [3.05, 3.63) is 12.7 Å². The summed E-state index contributed by atoms with van der Waals surface area (Å²) in [5, 5.41) is 26.1. The SMILES string of the molecule is C[14C](=O)SCCNC(=O)CCNC(=O)[C@H](O)C(C)(C)COP(=O)(O)OP(=O)(O)OC[C@H]1O[C@@H](n2cnc3c(N)ncnc32)[C@H](O)[C@@H]1OP(=O)(O)O. The Morgan fingerprint density at radius 3 is 2.43 bits per heavy atom. The van der Waals surface area contributed by atoms with Crippen LogP contribution in [0.25, 0.3) is 11.2 Å². The van der Waals surface area contributed by atoms with Gasteiger partial charge in [-0.15, -0.1) is 0 Å². The van der Waals surface area contributed by atoms with Crippen molar-refractivity contribution in [2.45, 2.75) is 57.8 Å². The number of thioether (sulfide) groups is 1. The molecule has 0 spiro atoms. The van der Waals surface area contributed by atoms with E-state index in [-0.39, 0.29) is 41.6 Å². The van der Waals surface area contributed by atoms with E-state index in [2.05, 4.69) is 34.4 Å². The normalized spacial score (nSPS) is 22.6. The third-order valence-corrected chi connectivity index (χ3v) is 10.7. The summed E-state index contributed by atoms with van der Waals surface area (Å²) in [5.74, 6) is -1.08. The van der Waals surface area contributed by atoms with Gasteiger partial charge in [-0.05, 0) is 0 Å². The van der Waals surface area contributed by atoms with Gasteiger partial charge < -0.3 is 50.9 Å². The summed E-state index contributed by atoms with van der Waals surface area (Å²) >= 11 is 1.03. The molecule has 2 amide bonds. The number of nitrogen functional groups attached to an aromatic ring is 1. The fourth-order valence-corrected chi connectivity index (χ4v) is 7.65. The summed E-state index contributed by atoms with van der Waals surface area (Å²) in [6.45, 7) is 1.90. The average Bonchev–Trinajstić information content (AvgIpc) is 3.57. The molecule has 1 aliphatic rings. The molecule has 28 heteroatoms. The molecule has 0 aliphatic carbocycles. The third kappa shape index (κ3) is 12.9. The Kier molecular flexibility index (Phi) is 14.8. The molecule has 0 radical (unpaired) electrons. The quantitative estimate of drug-likeness (QED) is 0.0587. The minimum absolute atomic E-state index is 0.0310. The number of rotatable bonds is 19. The maximum Gasteiger partial charge on any atom is 0.481 e. The Hall–Kier alpha value is -2.44. The van der Waals surface area contributed by atoms with Gasteiger partial charge in [-0.2, -0.15) is 4.31 Å². The topological polar surface area (TPSA) is 364 Å². The second-order valence-corrected chi connectivity index (χ2v) is 16.9. The predicted molar refractivity (Wildman–Crippen MR) is 173 cm³/mol. The van der Waals surface area contributed by atoms with Crippen LogP contribution in [0.3, 0.4) is 0 Å². The van der Waals surface area contributed by atoms with Crippen LogP contribution in [-0.2, 0) is 50.7 Å². The van der Waals surface area contributed by atoms with Crippen LogP contribution in [0.4, 0.5) is 5.82 Å². The summed E-state index contributed by atoms with van der Waals surface area (Å²) in [4.78, 5) is 85.9. The number of nitrogens with one attached hydrogen (secondary N) is 2. The van der Waals surface area contributed by atoms with Crippen LogP contribution in [-0.4, -0.2) is 123 Å². The van der Waals surface area contributed by atoms with E-state index in [1.165, 1.54) is 20.8 Å². The van der Waals surface area contributed by atoms with Crippen LogP contribution in [0.15, 0.2) is 12.7 Å². The summed E-state index contributed by atoms with van der Waals surface area (Å²) in [7, 11) is -16.4. The highest BCUT2D eigenvalue weighted by atomic mass is 32.2. The molecule has 2 aromatic heterocycles. The first-order chi connectivity index (χ1) is 23.5. The van der Waals surface area contributed by atoms with Crippen molar-refractivity contribution in [3.8, 4) is 0 Å². The van der Waals surface area contributed by atoms with Crippen molar-refractivity contribution in [1.29, 1.82) is 0 Å². The monoisotopic (exact) mass is 811 g/mol. The number of carbonyl (C=O) groups excluding carboxylic acids is 3. The van der Waals surface area contributed by atoms with E-state index in [1.807, 2.05) is 0 Å². The number of anilines is 1. The maximum atomic E-state index is 12.6. The standard InChI is InChI=1S/C23H38N7O17P3S/c1-12(31)51-7-6-25-14(32)4-5-26-21(35)18(34)23(2,3)9-44-50(41,42)47-49(39,40)43-8-13-17(46-48(36,37)38)16(33)22(45-13)30-11-29-15-19(24)27-10-28-20(15)30/h10-11,13,16-18,22,33-34H,4-9H2,1-3H3,(H,25,32)(H,26,35)(H,39,40)(H,41,42)(H2,24,27,28)(H2,36,37,38)/t13-,16-,17-,18+,22-/m1/s1/i12+2. The second-order valence-electron chi connectivity index (χ2n) is 11.4. The van der Waals surface area contributed by atoms with Crippen LogP contribution in [0.1, 0.15) is 33.4 Å². The van der Waals surface area contributed by atoms with E-state index in [0.717, 1.165) is 29.0 Å². The number of phosphoric acid groups is 3. The molecule has 1 fully saturated rings. The Balaban J connectivity index is 1.55. The number of hydrogen-bond donors (Lipinski definition) is 9. The molecular formula is C23H38N7O17P3S. The number of phosphoric ester groups is 3. The fraction of sp³-hybridized carbons (Fsp3) is 0.652. The Morgan fingerprint density at radius 1 is 1.12 bits per heavy atom. The van der Waals surface area contributed by atoms with E-state index >= 15 is 0 Å². The van der Waals surface area contributed by atoms with Crippen LogP contribution in [0.5, 0.6) is 0 Å². The first kappa shape index (κ1) is 43.0. The maximum absolute atomic E-state index is 12.6. The van der Waals surface area contributed by atoms with Crippen molar-refractivity contribution in [2.75, 3.05) is 37.8 Å². The van der Waals surface area contributed by atoms with Gasteiger partial charge in [-0.1, -0.05) is 25.6 Å². The van der Waals surface area contributed by atoms with E-state index in [9.17, 15) is 57.9 Å². The fourth-order valence-electron chi connectivity index (χ4n) is 4.32. The van der Waals surface area contributed by atoms with Crippen LogP contribution in [0, 0.1) is 5.41 Å². The Morgan fingerprint density at radius 2 is 1.78 bits per heavy atom. The van der Waals surface area contributed by atoms with E-state index < -0.39 is 84.6 Å². The molecule has 0 bridgehead atoms. The summed E-state index contributed by atoms with van der Waals surface area (Å²) in [5.41, 5.74) is 4.26. The van der Waals surface area contributed by atoms with E-state index in [1.54, 1.807) is 0 Å². The lowest BCUT2D eigenvalue weighted by Crippen LogP contribution is -2.46. The average molecular weight is 812 g/mol. The number of carbonyl (C=O) groups is 3. The number of nitrogens with two attached hydrogens (primary N) is 1. The number of aromatic nitrogens is 4. The lowest BCUT2D eigenvalue weighted by atomic mass is 9.87. The molecule has 2 aromatic rings. The zero-order valence-corrected chi connectivity index (χ0v) is 30.6. The predicted octanol–water partition coefficient (Wildman–Crippen LogP) is -1.32. The number of imidazole rings is 1. The van der Waals surface area contributed by atoms with Gasteiger partial charge in [0.05, 0.1) is 19.5 Å². The molecule has 51 heavy (non-hydrogen) atoms. The number of ether oxygens (including phenoxy) is 1. The zero-order chi connectivity index (χ0) is 38.4. The largest absolute Gasteiger partial charge is 0.481 e. The number of hydrogen-bond acceptors (Lipinski definition) is 18. The number of aliphatic hydroxyl groups is 2. The van der Waals surface area contributed by atoms with E-state index in [0.29, 0.717) is 5.75 Å². The van der Waals surface area contributed by atoms with Gasteiger partial charge >= 0.3 is 23.5 Å². The Labute approximate surface area is 293 Å². The second kappa shape index (κ2) is 17.6. The lowest BCUT2D eigenvalue weighted by Gasteiger charge is -2.30. The van der Waals surface area contributed by atoms with Gasteiger partial charge in [-0.3, -0.25) is 32.5 Å². The summed E-state index contributed by atoms with van der Waals surface area (Å²) < 4.78 is 61.8. The van der Waals surface area contributed by atoms with Crippen LogP contribution in [0.2, 0.25) is 0 Å². The van der Waals surface area contributed by atoms with Gasteiger partial charge in [0, 0.05) is 37.6 Å². The highest BCUT2D eigenvalue weighted by Gasteiger charge is 2.50. The van der Waals surface area contributed by atoms with Crippen LogP contribution >= 0.6 is 35.2 Å². The van der Waals surface area contributed by atoms with Gasteiger partial charge in [0.15, 0.2) is 22.8 Å². The minimum Gasteiger partial charge on any atom is -0.386 e. The Bertz CT molecular complexity index is 1710. The number of nitrogens with zero attached hydrogens (tertiary/aromatic N) is 4. The first-order valence-corrected chi connectivity index (χ1v) is 20.0. The summed E-state index contributed by atoms with van der Waals surface area (Å²) in [6, 6.07) is 0. The van der Waals surface area contributed by atoms with Crippen molar-refractivity contribution < 1.29 is 80.5 Å². The number of amides is 2. The molecule has 0 saturated carbocycles. The molecular weight excluding hydrogens is 773 g/mol. The number of aliphatic hydroxyl groups excluding tert-OH is 2. The third-order valence-electron chi connectivity index (χ3n) is 6.81. The summed E-state index contributed by atoms with van der Waals surface area (Å²) in [6.07, 6.45) is -6.88. The van der Waals surface area contributed by atoms with Crippen molar-refractivity contribution >= 4 is 69.1 Å². The molecule has 0 aromatic carbocycles. The highest BCUT2D eigenvalue weighted by molar-refractivity contribution is 8.13. The van der Waals surface area contributed by atoms with Crippen molar-refractivity contribution in [2.24, 2.45) is 5.41 Å². The molecule has 24 nitrogen and oxygen atoms in total. The molecule has 2 unspecified atom stereocenters. The van der Waals surface area contributed by atoms with Gasteiger partial charge in [0.25, 0.3) is 0 Å². The van der Waals surface area contributed by atoms with Gasteiger partial charge in [0.1, 0.15) is 36.3 Å². The van der Waals surface area contributed by atoms with Gasteiger partial charge in [0.2, 0.25) is 11.8 Å². The molecule has 3 heterocycles. The van der Waals surface area contributed by atoms with Crippen molar-refractivity contribution in [1.82, 2.24) is 30.2 Å². The smallest absolute Gasteiger partial charge is 0.386 e. The molecule has 7 atom stereocenters. The van der Waals surface area contributed by atoms with Gasteiger partial charge in [-0.25, -0.2) is 28.6 Å². The van der Waals surface area contributed by atoms with Crippen LogP contribution < -0.4 is 16.4 Å². The van der Waals surface area contributed by atoms with Crippen molar-refractivity contribution in [3.63, 3.8) is 0 Å². The molecule has 288 valence electrons. The molecule has 1 aliphatic heterocycles. The molecule has 10 N–H and O–H groups in total. The molecule has 1 saturated heterocycles. The number of fused-ring (bicyclic) bond motifs is 1. The van der Waals surface area contributed by atoms with E-state index in [4.69, 9.17) is 19.5 Å². The minimum atomic E-state index is -5.56. The zero-order valence-electron chi connectivity index (χ0n) is 27.1.